The Morgan fingerprint density at radius 2 is 1.72 bits per heavy atom. The Hall–Kier alpha value is -3.05. The molecule has 3 aromatic rings. The quantitative estimate of drug-likeness (QED) is 0.420. The van der Waals surface area contributed by atoms with Gasteiger partial charge in [-0.25, -0.2) is 4.79 Å². The zero-order valence-electron chi connectivity index (χ0n) is 19.9. The summed E-state index contributed by atoms with van der Waals surface area (Å²) in [5.41, 5.74) is 7.72. The lowest BCUT2D eigenvalue weighted by Gasteiger charge is -2.23. The number of nitrogens with one attached hydrogen (secondary N) is 1. The first-order chi connectivity index (χ1) is 15.3. The summed E-state index contributed by atoms with van der Waals surface area (Å²) >= 11 is 0. The predicted molar refractivity (Wildman–Crippen MR) is 132 cm³/mol. The maximum atomic E-state index is 12.0. The van der Waals surface area contributed by atoms with E-state index in [9.17, 15) is 9.90 Å². The topological polar surface area (TPSA) is 57.5 Å². The maximum absolute atomic E-state index is 12.0. The SMILES string of the molecule is CCN(CCCNCc1c(C(=O)O)c(C)n(-c2ccc(C)cc2)c1C)c1cccc(C)c1. The second-order valence-corrected chi connectivity index (χ2v) is 8.45. The van der Waals surface area contributed by atoms with Crippen LogP contribution in [0.3, 0.4) is 0 Å². The highest BCUT2D eigenvalue weighted by atomic mass is 16.4. The number of anilines is 1. The first kappa shape index (κ1) is 23.6. The summed E-state index contributed by atoms with van der Waals surface area (Å²) in [5.74, 6) is -0.870. The molecule has 0 spiro atoms. The fourth-order valence-electron chi connectivity index (χ4n) is 4.38. The van der Waals surface area contributed by atoms with Crippen molar-refractivity contribution in [3.05, 3.63) is 82.2 Å². The van der Waals surface area contributed by atoms with Crippen molar-refractivity contribution in [1.29, 1.82) is 0 Å². The number of carboxylic acids is 1. The number of hydrogen-bond acceptors (Lipinski definition) is 3. The number of carbonyl (C=O) groups is 1. The molecular formula is C27H35N3O2. The first-order valence-electron chi connectivity index (χ1n) is 11.4. The predicted octanol–water partition coefficient (Wildman–Crippen LogP) is 5.42. The molecule has 1 aromatic heterocycles. The molecule has 0 fully saturated rings. The molecule has 5 nitrogen and oxygen atoms in total. The highest BCUT2D eigenvalue weighted by Crippen LogP contribution is 2.26. The summed E-state index contributed by atoms with van der Waals surface area (Å²) in [6.45, 7) is 13.5. The molecule has 3 rings (SSSR count). The third kappa shape index (κ3) is 5.22. The molecule has 0 unspecified atom stereocenters. The van der Waals surface area contributed by atoms with Crippen LogP contribution in [0.5, 0.6) is 0 Å². The van der Waals surface area contributed by atoms with Crippen molar-refractivity contribution in [1.82, 2.24) is 9.88 Å². The molecule has 5 heteroatoms. The number of aromatic nitrogens is 1. The van der Waals surface area contributed by atoms with Crippen molar-refractivity contribution >= 4 is 11.7 Å². The summed E-state index contributed by atoms with van der Waals surface area (Å²) in [6.07, 6.45) is 0.987. The third-order valence-corrected chi connectivity index (χ3v) is 6.11. The number of aromatic carboxylic acids is 1. The van der Waals surface area contributed by atoms with Crippen LogP contribution >= 0.6 is 0 Å². The maximum Gasteiger partial charge on any atom is 0.337 e. The number of carboxylic acid groups (broad SMARTS) is 1. The molecule has 0 aliphatic carbocycles. The van der Waals surface area contributed by atoms with Crippen molar-refractivity contribution in [2.75, 3.05) is 24.5 Å². The second kappa shape index (κ2) is 10.5. The van der Waals surface area contributed by atoms with E-state index in [1.54, 1.807) is 0 Å². The Labute approximate surface area is 191 Å². The molecule has 1 heterocycles. The van der Waals surface area contributed by atoms with E-state index in [0.29, 0.717) is 12.1 Å². The molecule has 0 atom stereocenters. The molecule has 32 heavy (non-hydrogen) atoms. The number of rotatable bonds is 10. The van der Waals surface area contributed by atoms with E-state index in [4.69, 9.17) is 0 Å². The van der Waals surface area contributed by atoms with Gasteiger partial charge in [0.25, 0.3) is 0 Å². The van der Waals surface area contributed by atoms with Crippen LogP contribution in [0.2, 0.25) is 0 Å². The molecule has 0 aliphatic heterocycles. The zero-order valence-corrected chi connectivity index (χ0v) is 19.9. The second-order valence-electron chi connectivity index (χ2n) is 8.45. The molecule has 0 amide bonds. The van der Waals surface area contributed by atoms with Crippen LogP contribution in [-0.2, 0) is 6.54 Å². The lowest BCUT2D eigenvalue weighted by Crippen LogP contribution is -2.27. The highest BCUT2D eigenvalue weighted by molar-refractivity contribution is 5.91. The van der Waals surface area contributed by atoms with E-state index >= 15 is 0 Å². The largest absolute Gasteiger partial charge is 0.478 e. The van der Waals surface area contributed by atoms with Gasteiger partial charge in [-0.2, -0.15) is 0 Å². The van der Waals surface area contributed by atoms with Crippen LogP contribution in [0.4, 0.5) is 5.69 Å². The van der Waals surface area contributed by atoms with Crippen LogP contribution in [-0.4, -0.2) is 35.3 Å². The minimum atomic E-state index is -0.870. The molecule has 0 saturated carbocycles. The Morgan fingerprint density at radius 3 is 2.34 bits per heavy atom. The summed E-state index contributed by atoms with van der Waals surface area (Å²) in [5, 5.41) is 13.4. The van der Waals surface area contributed by atoms with E-state index < -0.39 is 5.97 Å². The molecule has 170 valence electrons. The minimum absolute atomic E-state index is 0.408. The molecule has 0 radical (unpaired) electrons. The Morgan fingerprint density at radius 1 is 1.00 bits per heavy atom. The Balaban J connectivity index is 1.67. The van der Waals surface area contributed by atoms with Crippen molar-refractivity contribution in [3.8, 4) is 5.69 Å². The first-order valence-corrected chi connectivity index (χ1v) is 11.4. The fraction of sp³-hybridized carbons (Fsp3) is 0.370. The van der Waals surface area contributed by atoms with E-state index in [0.717, 1.165) is 48.7 Å². The van der Waals surface area contributed by atoms with Gasteiger partial charge in [0.15, 0.2) is 0 Å². The number of nitrogens with zero attached hydrogens (tertiary/aromatic N) is 2. The molecule has 0 saturated heterocycles. The highest BCUT2D eigenvalue weighted by Gasteiger charge is 2.23. The molecule has 0 bridgehead atoms. The third-order valence-electron chi connectivity index (χ3n) is 6.11. The smallest absolute Gasteiger partial charge is 0.337 e. The van der Waals surface area contributed by atoms with E-state index in [1.165, 1.54) is 16.8 Å². The summed E-state index contributed by atoms with van der Waals surface area (Å²) in [6, 6.07) is 16.8. The summed E-state index contributed by atoms with van der Waals surface area (Å²) in [7, 11) is 0. The zero-order chi connectivity index (χ0) is 23.3. The molecule has 2 N–H and O–H groups in total. The van der Waals surface area contributed by atoms with E-state index in [1.807, 2.05) is 26.0 Å². The minimum Gasteiger partial charge on any atom is -0.478 e. The van der Waals surface area contributed by atoms with Crippen LogP contribution in [0, 0.1) is 27.7 Å². The van der Waals surface area contributed by atoms with Gasteiger partial charge in [0, 0.05) is 48.0 Å². The number of benzene rings is 2. The Bertz CT molecular complexity index is 1070. The number of aryl methyl sites for hydroxylation is 2. The van der Waals surface area contributed by atoms with Gasteiger partial charge in [-0.3, -0.25) is 0 Å². The average molecular weight is 434 g/mol. The van der Waals surface area contributed by atoms with Gasteiger partial charge in [-0.15, -0.1) is 0 Å². The van der Waals surface area contributed by atoms with Crippen LogP contribution in [0.15, 0.2) is 48.5 Å². The normalized spacial score (nSPS) is 11.0. The lowest BCUT2D eigenvalue weighted by molar-refractivity contribution is 0.0695. The van der Waals surface area contributed by atoms with Gasteiger partial charge in [-0.1, -0.05) is 29.8 Å². The van der Waals surface area contributed by atoms with Crippen LogP contribution < -0.4 is 10.2 Å². The molecule has 2 aromatic carbocycles. The van der Waals surface area contributed by atoms with Crippen molar-refractivity contribution < 1.29 is 9.90 Å². The van der Waals surface area contributed by atoms with Crippen molar-refractivity contribution in [2.45, 2.75) is 47.6 Å². The average Bonchev–Trinajstić information content (AvgIpc) is 3.01. The van der Waals surface area contributed by atoms with Gasteiger partial charge < -0.3 is 19.9 Å². The summed E-state index contributed by atoms with van der Waals surface area (Å²) in [4.78, 5) is 14.4. The van der Waals surface area contributed by atoms with E-state index in [2.05, 4.69) is 72.0 Å². The van der Waals surface area contributed by atoms with Gasteiger partial charge in [-0.05, 0) is 77.4 Å². The van der Waals surface area contributed by atoms with Crippen molar-refractivity contribution in [3.63, 3.8) is 0 Å². The standard InChI is InChI=1S/C27H35N3O2/c1-6-29(24-10-7-9-20(3)17-24)16-8-15-28-18-25-21(4)30(22(5)26(25)27(31)32)23-13-11-19(2)12-14-23/h7,9-14,17,28H,6,8,15-16,18H2,1-5H3,(H,31,32). The fourth-order valence-corrected chi connectivity index (χ4v) is 4.38. The van der Waals surface area contributed by atoms with Gasteiger partial charge in [0.1, 0.15) is 0 Å². The van der Waals surface area contributed by atoms with Gasteiger partial charge in [0.05, 0.1) is 5.56 Å². The van der Waals surface area contributed by atoms with Crippen LogP contribution in [0.25, 0.3) is 5.69 Å². The monoisotopic (exact) mass is 433 g/mol. The van der Waals surface area contributed by atoms with E-state index in [-0.39, 0.29) is 0 Å². The van der Waals surface area contributed by atoms with Gasteiger partial charge in [0.2, 0.25) is 0 Å². The molecular weight excluding hydrogens is 398 g/mol. The van der Waals surface area contributed by atoms with Crippen LogP contribution in [0.1, 0.15) is 51.8 Å². The lowest BCUT2D eigenvalue weighted by atomic mass is 10.1. The summed E-state index contributed by atoms with van der Waals surface area (Å²) < 4.78 is 2.05. The molecule has 0 aliphatic rings. The Kier molecular flexibility index (Phi) is 7.75. The number of hydrogen-bond donors (Lipinski definition) is 2. The van der Waals surface area contributed by atoms with Gasteiger partial charge >= 0.3 is 5.97 Å². The van der Waals surface area contributed by atoms with Crippen molar-refractivity contribution in [2.24, 2.45) is 0 Å².